The molecule has 0 amide bonds. The maximum atomic E-state index is 11.4. The summed E-state index contributed by atoms with van der Waals surface area (Å²) >= 11 is 1.78. The van der Waals surface area contributed by atoms with Gasteiger partial charge < -0.3 is 4.79 Å². The SMILES string of the molecule is Cc1ccc(C2C=C(c3ccccc3)SCC2C=O)cc1. The third-order valence-corrected chi connectivity index (χ3v) is 5.15. The van der Waals surface area contributed by atoms with Crippen molar-refractivity contribution in [2.75, 3.05) is 5.75 Å². The van der Waals surface area contributed by atoms with E-state index in [4.69, 9.17) is 0 Å². The molecule has 0 radical (unpaired) electrons. The zero-order chi connectivity index (χ0) is 14.7. The molecule has 2 unspecified atom stereocenters. The van der Waals surface area contributed by atoms with Crippen molar-refractivity contribution in [3.63, 3.8) is 0 Å². The van der Waals surface area contributed by atoms with Gasteiger partial charge in [0.15, 0.2) is 0 Å². The first-order chi connectivity index (χ1) is 10.3. The molecule has 0 aromatic heterocycles. The van der Waals surface area contributed by atoms with Crippen LogP contribution in [0.4, 0.5) is 0 Å². The quantitative estimate of drug-likeness (QED) is 0.764. The molecule has 106 valence electrons. The van der Waals surface area contributed by atoms with E-state index in [9.17, 15) is 4.79 Å². The standard InChI is InChI=1S/C19H18OS/c1-14-7-9-15(10-8-14)18-11-19(21-13-17(18)12-20)16-5-3-2-4-6-16/h2-12,17-18H,13H2,1H3. The van der Waals surface area contributed by atoms with Crippen LogP contribution in [0.1, 0.15) is 22.6 Å². The predicted molar refractivity (Wildman–Crippen MR) is 90.4 cm³/mol. The Morgan fingerprint density at radius 1 is 1.05 bits per heavy atom. The van der Waals surface area contributed by atoms with Crippen LogP contribution in [0.5, 0.6) is 0 Å². The lowest BCUT2D eigenvalue weighted by molar-refractivity contribution is -0.110. The van der Waals surface area contributed by atoms with Gasteiger partial charge in [-0.3, -0.25) is 0 Å². The molecule has 0 N–H and O–H groups in total. The number of carbonyl (C=O) groups is 1. The number of aldehydes is 1. The fourth-order valence-electron chi connectivity index (χ4n) is 2.66. The number of carbonyl (C=O) groups excluding carboxylic acids is 1. The topological polar surface area (TPSA) is 17.1 Å². The third kappa shape index (κ3) is 3.11. The molecular formula is C19H18OS. The van der Waals surface area contributed by atoms with Crippen LogP contribution in [-0.4, -0.2) is 12.0 Å². The smallest absolute Gasteiger partial charge is 0.124 e. The zero-order valence-electron chi connectivity index (χ0n) is 12.0. The summed E-state index contributed by atoms with van der Waals surface area (Å²) < 4.78 is 0. The molecule has 0 saturated heterocycles. The molecule has 2 atom stereocenters. The van der Waals surface area contributed by atoms with Crippen LogP contribution in [0.15, 0.2) is 60.7 Å². The molecule has 1 aliphatic heterocycles. The number of hydrogen-bond acceptors (Lipinski definition) is 2. The minimum Gasteiger partial charge on any atom is -0.303 e. The summed E-state index contributed by atoms with van der Waals surface area (Å²) in [5.41, 5.74) is 3.72. The first-order valence-electron chi connectivity index (χ1n) is 7.20. The van der Waals surface area contributed by atoms with Crippen molar-refractivity contribution >= 4 is 23.0 Å². The zero-order valence-corrected chi connectivity index (χ0v) is 12.8. The van der Waals surface area contributed by atoms with Crippen molar-refractivity contribution < 1.29 is 4.79 Å². The highest BCUT2D eigenvalue weighted by molar-refractivity contribution is 8.08. The average molecular weight is 294 g/mol. The molecule has 1 nitrogen and oxygen atoms in total. The highest BCUT2D eigenvalue weighted by Crippen LogP contribution is 2.41. The minimum absolute atomic E-state index is 0.0603. The Morgan fingerprint density at radius 3 is 2.43 bits per heavy atom. The van der Waals surface area contributed by atoms with E-state index in [0.29, 0.717) is 0 Å². The maximum absolute atomic E-state index is 11.4. The first kappa shape index (κ1) is 14.2. The van der Waals surface area contributed by atoms with Gasteiger partial charge in [0.1, 0.15) is 6.29 Å². The van der Waals surface area contributed by atoms with E-state index in [2.05, 4.69) is 61.5 Å². The summed E-state index contributed by atoms with van der Waals surface area (Å²) in [5, 5.41) is 0. The lowest BCUT2D eigenvalue weighted by Gasteiger charge is -2.27. The number of rotatable bonds is 3. The van der Waals surface area contributed by atoms with Gasteiger partial charge in [-0.15, -0.1) is 11.8 Å². The van der Waals surface area contributed by atoms with Gasteiger partial charge >= 0.3 is 0 Å². The molecule has 3 rings (SSSR count). The van der Waals surface area contributed by atoms with Crippen molar-refractivity contribution in [3.05, 3.63) is 77.4 Å². The molecule has 0 aliphatic carbocycles. The van der Waals surface area contributed by atoms with Gasteiger partial charge in [-0.05, 0) is 18.1 Å². The second-order valence-electron chi connectivity index (χ2n) is 5.44. The summed E-state index contributed by atoms with van der Waals surface area (Å²) in [6, 6.07) is 18.9. The maximum Gasteiger partial charge on any atom is 0.124 e. The Bertz CT molecular complexity index is 643. The van der Waals surface area contributed by atoms with Crippen LogP contribution in [0, 0.1) is 12.8 Å². The van der Waals surface area contributed by atoms with E-state index < -0.39 is 0 Å². The molecule has 1 heterocycles. The monoisotopic (exact) mass is 294 g/mol. The first-order valence-corrected chi connectivity index (χ1v) is 8.18. The van der Waals surface area contributed by atoms with Gasteiger partial charge in [0.2, 0.25) is 0 Å². The molecule has 0 bridgehead atoms. The van der Waals surface area contributed by atoms with Gasteiger partial charge in [-0.25, -0.2) is 0 Å². The van der Waals surface area contributed by atoms with Crippen molar-refractivity contribution in [3.8, 4) is 0 Å². The summed E-state index contributed by atoms with van der Waals surface area (Å²) in [5.74, 6) is 1.09. The van der Waals surface area contributed by atoms with E-state index in [1.54, 1.807) is 11.8 Å². The van der Waals surface area contributed by atoms with Crippen molar-refractivity contribution in [1.29, 1.82) is 0 Å². The predicted octanol–water partition coefficient (Wildman–Crippen LogP) is 4.68. The second-order valence-corrected chi connectivity index (χ2v) is 6.51. The minimum atomic E-state index is 0.0603. The van der Waals surface area contributed by atoms with E-state index >= 15 is 0 Å². The van der Waals surface area contributed by atoms with Crippen LogP contribution < -0.4 is 0 Å². The van der Waals surface area contributed by atoms with Crippen LogP contribution in [-0.2, 0) is 4.79 Å². The fraction of sp³-hybridized carbons (Fsp3) is 0.211. The normalized spacial score (nSPS) is 21.7. The number of allylic oxidation sites excluding steroid dienone is 1. The molecule has 0 fully saturated rings. The molecular weight excluding hydrogens is 276 g/mol. The molecule has 2 aromatic rings. The number of thioether (sulfide) groups is 1. The van der Waals surface area contributed by atoms with Crippen LogP contribution in [0.25, 0.3) is 4.91 Å². The summed E-state index contributed by atoms with van der Waals surface area (Å²) in [6.07, 6.45) is 3.36. The Hall–Kier alpha value is -1.80. The molecule has 0 spiro atoms. The Labute approximate surface area is 130 Å². The lowest BCUT2D eigenvalue weighted by Crippen LogP contribution is -2.19. The number of hydrogen-bond donors (Lipinski definition) is 0. The highest BCUT2D eigenvalue weighted by atomic mass is 32.2. The second kappa shape index (κ2) is 6.31. The van der Waals surface area contributed by atoms with E-state index in [0.717, 1.165) is 12.0 Å². The largest absolute Gasteiger partial charge is 0.303 e. The summed E-state index contributed by atoms with van der Waals surface area (Å²) in [6.45, 7) is 2.09. The van der Waals surface area contributed by atoms with E-state index in [1.807, 2.05) is 6.07 Å². The summed E-state index contributed by atoms with van der Waals surface area (Å²) in [4.78, 5) is 12.7. The Balaban J connectivity index is 1.98. The van der Waals surface area contributed by atoms with Crippen LogP contribution in [0.3, 0.4) is 0 Å². The number of benzene rings is 2. The van der Waals surface area contributed by atoms with Gasteiger partial charge in [0.05, 0.1) is 0 Å². The van der Waals surface area contributed by atoms with Crippen molar-refractivity contribution in [2.24, 2.45) is 5.92 Å². The molecule has 21 heavy (non-hydrogen) atoms. The molecule has 2 heteroatoms. The van der Waals surface area contributed by atoms with Crippen molar-refractivity contribution in [2.45, 2.75) is 12.8 Å². The van der Waals surface area contributed by atoms with Gasteiger partial charge in [0.25, 0.3) is 0 Å². The third-order valence-electron chi connectivity index (χ3n) is 3.92. The lowest BCUT2D eigenvalue weighted by atomic mass is 9.86. The van der Waals surface area contributed by atoms with Gasteiger partial charge in [0, 0.05) is 22.5 Å². The molecule has 1 aliphatic rings. The molecule has 0 saturated carbocycles. The Kier molecular flexibility index (Phi) is 4.26. The number of aryl methyl sites for hydroxylation is 1. The van der Waals surface area contributed by atoms with E-state index in [1.165, 1.54) is 21.6 Å². The van der Waals surface area contributed by atoms with Crippen molar-refractivity contribution in [1.82, 2.24) is 0 Å². The van der Waals surface area contributed by atoms with E-state index in [-0.39, 0.29) is 11.8 Å². The fourth-order valence-corrected chi connectivity index (χ4v) is 3.87. The van der Waals surface area contributed by atoms with Crippen LogP contribution >= 0.6 is 11.8 Å². The van der Waals surface area contributed by atoms with Gasteiger partial charge in [-0.1, -0.05) is 66.2 Å². The average Bonchev–Trinajstić information content (AvgIpc) is 2.56. The van der Waals surface area contributed by atoms with Gasteiger partial charge in [-0.2, -0.15) is 0 Å². The summed E-state index contributed by atoms with van der Waals surface area (Å²) in [7, 11) is 0. The highest BCUT2D eigenvalue weighted by Gasteiger charge is 2.26. The van der Waals surface area contributed by atoms with Crippen LogP contribution in [0.2, 0.25) is 0 Å². The molecule has 2 aromatic carbocycles. The Morgan fingerprint density at radius 2 is 1.76 bits per heavy atom.